The summed E-state index contributed by atoms with van der Waals surface area (Å²) in [6, 6.07) is 18.2. The van der Waals surface area contributed by atoms with Crippen molar-refractivity contribution >= 4 is 12.7 Å². The van der Waals surface area contributed by atoms with E-state index in [0.29, 0.717) is 0 Å². The molecule has 0 aromatic heterocycles. The Morgan fingerprint density at radius 3 is 1.79 bits per heavy atom. The Bertz CT molecular complexity index is 550. The molecule has 0 fully saturated rings. The molecule has 0 bridgehead atoms. The molecule has 0 aliphatic heterocycles. The molecule has 0 saturated heterocycles. The highest BCUT2D eigenvalue weighted by atomic mass is 13.8. The maximum Gasteiger partial charge on any atom is -0.0190 e. The minimum atomic E-state index is 1.04. The highest BCUT2D eigenvalue weighted by Gasteiger charge is 1.75. The maximum atomic E-state index is 3.86. The van der Waals surface area contributed by atoms with Crippen molar-refractivity contribution < 1.29 is 0 Å². The van der Waals surface area contributed by atoms with Crippen LogP contribution in [0.3, 0.4) is 0 Å². The molecule has 0 N–H and O–H groups in total. The molecule has 0 radical (unpaired) electrons. The van der Waals surface area contributed by atoms with Crippen LogP contribution in [-0.2, 0) is 0 Å². The fraction of sp³-hybridized carbons (Fsp3) is 0.158. The molecule has 0 unspecified atom stereocenters. The van der Waals surface area contributed by atoms with Gasteiger partial charge >= 0.3 is 0 Å². The maximum absolute atomic E-state index is 3.86. The van der Waals surface area contributed by atoms with Crippen LogP contribution in [0.2, 0.25) is 0 Å². The third-order valence-corrected chi connectivity index (χ3v) is 2.29. The van der Waals surface area contributed by atoms with Crippen LogP contribution < -0.4 is 10.4 Å². The fourth-order valence-electron chi connectivity index (χ4n) is 1.36. The molecule has 0 heterocycles. The fourth-order valence-corrected chi connectivity index (χ4v) is 1.36. The van der Waals surface area contributed by atoms with E-state index in [0.717, 1.165) is 10.4 Å². The van der Waals surface area contributed by atoms with Gasteiger partial charge in [-0.2, -0.15) is 0 Å². The van der Waals surface area contributed by atoms with Gasteiger partial charge in [0.25, 0.3) is 0 Å². The molecule has 0 atom stereocenters. The molecule has 0 spiro atoms. The Morgan fingerprint density at radius 2 is 1.37 bits per heavy atom. The van der Waals surface area contributed by atoms with Gasteiger partial charge in [0.05, 0.1) is 0 Å². The lowest BCUT2D eigenvalue weighted by molar-refractivity contribution is 1.48. The molecule has 2 rings (SSSR count). The highest BCUT2D eigenvalue weighted by Crippen LogP contribution is 1.92. The molecular weight excluding hydrogens is 228 g/mol. The molecule has 0 saturated carbocycles. The molecule has 100 valence electrons. The van der Waals surface area contributed by atoms with Crippen molar-refractivity contribution in [3.05, 3.63) is 83.3 Å². The Labute approximate surface area is 117 Å². The molecule has 2 aromatic carbocycles. The minimum absolute atomic E-state index is 1.04. The zero-order valence-electron chi connectivity index (χ0n) is 12.3. The van der Waals surface area contributed by atoms with Crippen LogP contribution in [0.5, 0.6) is 0 Å². The van der Waals surface area contributed by atoms with Crippen molar-refractivity contribution in [2.24, 2.45) is 0 Å². The number of allylic oxidation sites excluding steroid dienone is 1. The first-order valence-corrected chi connectivity index (χ1v) is 6.62. The van der Waals surface area contributed by atoms with Gasteiger partial charge in [-0.25, -0.2) is 0 Å². The summed E-state index contributed by atoms with van der Waals surface area (Å²) in [7, 11) is 0. The predicted octanol–water partition coefficient (Wildman–Crippen LogP) is 4.08. The van der Waals surface area contributed by atoms with Gasteiger partial charge in [0, 0.05) is 0 Å². The van der Waals surface area contributed by atoms with Gasteiger partial charge in [0.15, 0.2) is 0 Å². The number of benzene rings is 2. The summed E-state index contributed by atoms with van der Waals surface area (Å²) in [4.78, 5) is 0. The second-order valence-electron chi connectivity index (χ2n) is 3.76. The lowest BCUT2D eigenvalue weighted by Gasteiger charge is -1.83. The van der Waals surface area contributed by atoms with Crippen LogP contribution in [0.15, 0.2) is 67.3 Å². The van der Waals surface area contributed by atoms with Gasteiger partial charge < -0.3 is 0 Å². The largest absolute Gasteiger partial charge is 0.0990 e. The summed E-state index contributed by atoms with van der Waals surface area (Å²) < 4.78 is 0. The monoisotopic (exact) mass is 252 g/mol. The molecule has 0 nitrogen and oxygen atoms in total. The molecule has 19 heavy (non-hydrogen) atoms. The van der Waals surface area contributed by atoms with E-state index in [2.05, 4.69) is 32.2 Å². The van der Waals surface area contributed by atoms with Gasteiger partial charge in [0.1, 0.15) is 0 Å². The Hall–Kier alpha value is -2.08. The average molecular weight is 252 g/mol. The third kappa shape index (κ3) is 7.77. The summed E-state index contributed by atoms with van der Waals surface area (Å²) in [6.07, 6.45) is 3.71. The van der Waals surface area contributed by atoms with E-state index < -0.39 is 0 Å². The standard InChI is InChI=1S/C10H10.C7H8.C2H6/c1-3-6-10-8-5-4-7-9(10)2;1-7-5-3-2-4-6-7;1-2/h3-8H,1-2H2;2-6H,1H3;1-2H3/b10-6-;;. The second kappa shape index (κ2) is 11.0. The van der Waals surface area contributed by atoms with Crippen LogP contribution >= 0.6 is 0 Å². The van der Waals surface area contributed by atoms with Crippen LogP contribution in [0.4, 0.5) is 0 Å². The molecule has 2 aromatic rings. The summed E-state index contributed by atoms with van der Waals surface area (Å²) in [6.45, 7) is 13.6. The first-order chi connectivity index (χ1) is 9.24. The van der Waals surface area contributed by atoms with Gasteiger partial charge in [0.2, 0.25) is 0 Å². The van der Waals surface area contributed by atoms with Crippen molar-refractivity contribution in [1.82, 2.24) is 0 Å². The van der Waals surface area contributed by atoms with Crippen LogP contribution in [-0.4, -0.2) is 0 Å². The van der Waals surface area contributed by atoms with Crippen LogP contribution in [0.25, 0.3) is 12.7 Å². The van der Waals surface area contributed by atoms with E-state index in [4.69, 9.17) is 0 Å². The summed E-state index contributed by atoms with van der Waals surface area (Å²) in [5, 5.41) is 2.18. The zero-order chi connectivity index (χ0) is 14.5. The summed E-state index contributed by atoms with van der Waals surface area (Å²) in [5.74, 6) is 0. The third-order valence-electron chi connectivity index (χ3n) is 2.29. The molecular formula is C19H24. The second-order valence-corrected chi connectivity index (χ2v) is 3.76. The summed E-state index contributed by atoms with van der Waals surface area (Å²) in [5.41, 5.74) is 1.32. The number of aryl methyl sites for hydroxylation is 1. The van der Waals surface area contributed by atoms with Crippen molar-refractivity contribution in [2.45, 2.75) is 20.8 Å². The minimum Gasteiger partial charge on any atom is -0.0990 e. The van der Waals surface area contributed by atoms with Gasteiger partial charge in [-0.3, -0.25) is 0 Å². The van der Waals surface area contributed by atoms with E-state index in [9.17, 15) is 0 Å². The van der Waals surface area contributed by atoms with Gasteiger partial charge in [-0.15, -0.1) is 0 Å². The average Bonchev–Trinajstić information content (AvgIpc) is 2.45. The predicted molar refractivity (Wildman–Crippen MR) is 88.4 cm³/mol. The van der Waals surface area contributed by atoms with Crippen molar-refractivity contribution in [3.8, 4) is 0 Å². The highest BCUT2D eigenvalue weighted by molar-refractivity contribution is 5.35. The first-order valence-electron chi connectivity index (χ1n) is 6.62. The number of rotatable bonds is 1. The van der Waals surface area contributed by atoms with Crippen molar-refractivity contribution in [2.75, 3.05) is 0 Å². The molecule has 0 aliphatic rings. The van der Waals surface area contributed by atoms with Gasteiger partial charge in [-0.1, -0.05) is 99.3 Å². The SMILES string of the molecule is C=C/C=c1/ccccc1=C.CC.Cc1ccccc1. The number of hydrogen-bond acceptors (Lipinski definition) is 0. The zero-order valence-corrected chi connectivity index (χ0v) is 12.3. The van der Waals surface area contributed by atoms with Crippen LogP contribution in [0, 0.1) is 6.92 Å². The normalized spacial score (nSPS) is 9.53. The van der Waals surface area contributed by atoms with Crippen LogP contribution in [0.1, 0.15) is 19.4 Å². The molecule has 0 heteroatoms. The van der Waals surface area contributed by atoms with Crippen molar-refractivity contribution in [1.29, 1.82) is 0 Å². The molecule has 0 amide bonds. The Kier molecular flexibility index (Phi) is 9.83. The quantitative estimate of drug-likeness (QED) is 0.717. The van der Waals surface area contributed by atoms with E-state index in [-0.39, 0.29) is 0 Å². The smallest absolute Gasteiger partial charge is 0.0190 e. The van der Waals surface area contributed by atoms with E-state index in [1.165, 1.54) is 5.56 Å². The lowest BCUT2D eigenvalue weighted by Crippen LogP contribution is -2.21. The van der Waals surface area contributed by atoms with E-state index >= 15 is 0 Å². The first kappa shape index (κ1) is 16.9. The van der Waals surface area contributed by atoms with Gasteiger partial charge in [-0.05, 0) is 17.4 Å². The topological polar surface area (TPSA) is 0 Å². The Morgan fingerprint density at radius 1 is 0.842 bits per heavy atom. The van der Waals surface area contributed by atoms with Crippen molar-refractivity contribution in [3.63, 3.8) is 0 Å². The number of hydrogen-bond donors (Lipinski definition) is 0. The lowest BCUT2D eigenvalue weighted by atomic mass is 10.2. The summed E-state index contributed by atoms with van der Waals surface area (Å²) >= 11 is 0. The van der Waals surface area contributed by atoms with E-state index in [1.807, 2.05) is 62.4 Å². The Balaban J connectivity index is 0.000000316. The molecule has 0 aliphatic carbocycles. The van der Waals surface area contributed by atoms with E-state index in [1.54, 1.807) is 6.08 Å².